The molecule has 5 nitrogen and oxygen atoms in total. The van der Waals surface area contributed by atoms with Gasteiger partial charge in [0.25, 0.3) is 5.91 Å². The first-order chi connectivity index (χ1) is 8.63. The Kier molecular flexibility index (Phi) is 4.00. The molecule has 2 rings (SSSR count). The van der Waals surface area contributed by atoms with Crippen LogP contribution in [0.4, 0.5) is 0 Å². The first kappa shape index (κ1) is 13.1. The quantitative estimate of drug-likeness (QED) is 0.851. The third-order valence-electron chi connectivity index (χ3n) is 2.66. The predicted molar refractivity (Wildman–Crippen MR) is 66.3 cm³/mol. The van der Waals surface area contributed by atoms with Gasteiger partial charge in [0.05, 0.1) is 18.1 Å². The van der Waals surface area contributed by atoms with Gasteiger partial charge in [-0.25, -0.2) is 0 Å². The number of amides is 1. The zero-order chi connectivity index (χ0) is 13.1. The Morgan fingerprint density at radius 2 is 2.22 bits per heavy atom. The fourth-order valence-electron chi connectivity index (χ4n) is 1.66. The SMILES string of the molecule is N#CCCN(C(=O)c1cc(Cl)nnc1Cl)C1CC1. The van der Waals surface area contributed by atoms with E-state index in [2.05, 4.69) is 10.2 Å². The fourth-order valence-corrected chi connectivity index (χ4v) is 1.98. The van der Waals surface area contributed by atoms with Gasteiger partial charge in [-0.15, -0.1) is 10.2 Å². The van der Waals surface area contributed by atoms with Gasteiger partial charge in [0, 0.05) is 12.6 Å². The molecule has 94 valence electrons. The van der Waals surface area contributed by atoms with Crippen molar-refractivity contribution in [1.29, 1.82) is 5.26 Å². The summed E-state index contributed by atoms with van der Waals surface area (Å²) >= 11 is 11.6. The highest BCUT2D eigenvalue weighted by molar-refractivity contribution is 6.34. The molecule has 0 aliphatic heterocycles. The number of hydrogen-bond acceptors (Lipinski definition) is 4. The van der Waals surface area contributed by atoms with Crippen molar-refractivity contribution in [2.24, 2.45) is 0 Å². The standard InChI is InChI=1S/C11H10Cl2N4O/c12-9-6-8(10(13)16-15-9)11(18)17(5-1-4-14)7-2-3-7/h6-7H,1-3,5H2. The smallest absolute Gasteiger partial charge is 0.257 e. The Bertz CT molecular complexity index is 510. The topological polar surface area (TPSA) is 69.9 Å². The molecule has 0 saturated heterocycles. The molecule has 18 heavy (non-hydrogen) atoms. The maximum absolute atomic E-state index is 12.3. The van der Waals surface area contributed by atoms with E-state index in [1.54, 1.807) is 4.90 Å². The lowest BCUT2D eigenvalue weighted by atomic mass is 10.2. The minimum absolute atomic E-state index is 0.0343. The second kappa shape index (κ2) is 5.51. The Morgan fingerprint density at radius 1 is 1.50 bits per heavy atom. The van der Waals surface area contributed by atoms with Crippen molar-refractivity contribution >= 4 is 29.1 Å². The van der Waals surface area contributed by atoms with Gasteiger partial charge in [0.2, 0.25) is 0 Å². The Balaban J connectivity index is 2.22. The van der Waals surface area contributed by atoms with Crippen LogP contribution in [0.5, 0.6) is 0 Å². The summed E-state index contributed by atoms with van der Waals surface area (Å²) in [6, 6.07) is 3.64. The molecule has 1 aromatic rings. The van der Waals surface area contributed by atoms with E-state index in [9.17, 15) is 4.79 Å². The third kappa shape index (κ3) is 2.89. The second-order valence-corrected chi connectivity index (χ2v) is 4.75. The summed E-state index contributed by atoms with van der Waals surface area (Å²) in [6.07, 6.45) is 2.22. The molecule has 1 aromatic heterocycles. The van der Waals surface area contributed by atoms with Crippen molar-refractivity contribution < 1.29 is 4.79 Å². The van der Waals surface area contributed by atoms with Crippen LogP contribution in [0.3, 0.4) is 0 Å². The summed E-state index contributed by atoms with van der Waals surface area (Å²) in [7, 11) is 0. The van der Waals surface area contributed by atoms with Gasteiger partial charge < -0.3 is 4.90 Å². The molecule has 1 saturated carbocycles. The van der Waals surface area contributed by atoms with Gasteiger partial charge in [0.1, 0.15) is 0 Å². The number of nitrogens with zero attached hydrogens (tertiary/aromatic N) is 4. The predicted octanol–water partition coefficient (Wildman–Crippen LogP) is 2.30. The molecule has 1 aliphatic rings. The van der Waals surface area contributed by atoms with Crippen molar-refractivity contribution in [1.82, 2.24) is 15.1 Å². The van der Waals surface area contributed by atoms with Gasteiger partial charge in [0.15, 0.2) is 10.3 Å². The molecule has 0 aromatic carbocycles. The maximum Gasteiger partial charge on any atom is 0.257 e. The van der Waals surface area contributed by atoms with Crippen molar-refractivity contribution in [3.8, 4) is 6.07 Å². The minimum atomic E-state index is -0.241. The molecule has 0 atom stereocenters. The number of carbonyl (C=O) groups excluding carboxylic acids is 1. The zero-order valence-corrected chi connectivity index (χ0v) is 10.9. The van der Waals surface area contributed by atoms with E-state index in [-0.39, 0.29) is 27.8 Å². The lowest BCUT2D eigenvalue weighted by molar-refractivity contribution is 0.0746. The zero-order valence-electron chi connectivity index (χ0n) is 9.44. The summed E-state index contributed by atoms with van der Waals surface area (Å²) in [4.78, 5) is 14.0. The van der Waals surface area contributed by atoms with E-state index >= 15 is 0 Å². The first-order valence-corrected chi connectivity index (χ1v) is 6.25. The highest BCUT2D eigenvalue weighted by atomic mass is 35.5. The van der Waals surface area contributed by atoms with E-state index in [1.807, 2.05) is 6.07 Å². The lowest BCUT2D eigenvalue weighted by Gasteiger charge is -2.21. The fraction of sp³-hybridized carbons (Fsp3) is 0.455. The van der Waals surface area contributed by atoms with Gasteiger partial charge in [-0.1, -0.05) is 23.2 Å². The summed E-state index contributed by atoms with van der Waals surface area (Å²) in [5.74, 6) is -0.241. The van der Waals surface area contributed by atoms with Crippen molar-refractivity contribution in [2.75, 3.05) is 6.54 Å². The van der Waals surface area contributed by atoms with Gasteiger partial charge >= 0.3 is 0 Å². The number of hydrogen-bond donors (Lipinski definition) is 0. The molecule has 1 aliphatic carbocycles. The van der Waals surface area contributed by atoms with Crippen LogP contribution >= 0.6 is 23.2 Å². The van der Waals surface area contributed by atoms with Crippen LogP contribution in [-0.2, 0) is 0 Å². The van der Waals surface area contributed by atoms with E-state index in [0.717, 1.165) is 12.8 Å². The summed E-state index contributed by atoms with van der Waals surface area (Å²) in [5, 5.41) is 15.9. The lowest BCUT2D eigenvalue weighted by Crippen LogP contribution is -2.34. The van der Waals surface area contributed by atoms with Crippen LogP contribution in [-0.4, -0.2) is 33.6 Å². The maximum atomic E-state index is 12.3. The molecule has 7 heteroatoms. The molecule has 0 unspecified atom stereocenters. The van der Waals surface area contributed by atoms with Crippen LogP contribution in [0, 0.1) is 11.3 Å². The Labute approximate surface area is 114 Å². The highest BCUT2D eigenvalue weighted by Gasteiger charge is 2.33. The van der Waals surface area contributed by atoms with Gasteiger partial charge in [-0.3, -0.25) is 4.79 Å². The third-order valence-corrected chi connectivity index (χ3v) is 3.13. The van der Waals surface area contributed by atoms with Crippen molar-refractivity contribution in [2.45, 2.75) is 25.3 Å². The van der Waals surface area contributed by atoms with Crippen LogP contribution in [0.15, 0.2) is 6.07 Å². The molecular weight excluding hydrogens is 275 g/mol. The molecule has 0 N–H and O–H groups in total. The summed E-state index contributed by atoms with van der Waals surface area (Å²) in [5.41, 5.74) is 0.238. The van der Waals surface area contributed by atoms with Crippen LogP contribution in [0.2, 0.25) is 10.3 Å². The Hall–Kier alpha value is -1.38. The number of rotatable bonds is 4. The first-order valence-electron chi connectivity index (χ1n) is 5.50. The van der Waals surface area contributed by atoms with Gasteiger partial charge in [-0.05, 0) is 18.9 Å². The van der Waals surface area contributed by atoms with E-state index in [4.69, 9.17) is 28.5 Å². The average Bonchev–Trinajstić information content (AvgIpc) is 3.17. The second-order valence-electron chi connectivity index (χ2n) is 4.01. The highest BCUT2D eigenvalue weighted by Crippen LogP contribution is 2.29. The van der Waals surface area contributed by atoms with Crippen LogP contribution in [0.25, 0.3) is 0 Å². The van der Waals surface area contributed by atoms with Crippen LogP contribution < -0.4 is 0 Å². The van der Waals surface area contributed by atoms with Crippen molar-refractivity contribution in [3.63, 3.8) is 0 Å². The molecule has 1 amide bonds. The largest absolute Gasteiger partial charge is 0.335 e. The summed E-state index contributed by atoms with van der Waals surface area (Å²) in [6.45, 7) is 0.399. The number of aromatic nitrogens is 2. The van der Waals surface area contributed by atoms with E-state index in [0.29, 0.717) is 13.0 Å². The molecular formula is C11H10Cl2N4O. The molecule has 0 bridgehead atoms. The monoisotopic (exact) mass is 284 g/mol. The van der Waals surface area contributed by atoms with Crippen LogP contribution in [0.1, 0.15) is 29.6 Å². The number of nitriles is 1. The molecule has 1 heterocycles. The minimum Gasteiger partial charge on any atom is -0.335 e. The molecule has 0 spiro atoms. The summed E-state index contributed by atoms with van der Waals surface area (Å²) < 4.78 is 0. The number of carbonyl (C=O) groups is 1. The van der Waals surface area contributed by atoms with Crippen molar-refractivity contribution in [3.05, 3.63) is 21.9 Å². The van der Waals surface area contributed by atoms with E-state index in [1.165, 1.54) is 6.07 Å². The average molecular weight is 285 g/mol. The van der Waals surface area contributed by atoms with Gasteiger partial charge in [-0.2, -0.15) is 5.26 Å². The number of halogens is 2. The normalized spacial score (nSPS) is 14.1. The Morgan fingerprint density at radius 3 is 2.83 bits per heavy atom. The molecule has 1 fully saturated rings. The molecule has 0 radical (unpaired) electrons. The van der Waals surface area contributed by atoms with E-state index < -0.39 is 0 Å².